The van der Waals surface area contributed by atoms with Crippen LogP contribution in [-0.4, -0.2) is 25.2 Å². The fraction of sp³-hybridized carbons (Fsp3) is 0.462. The first kappa shape index (κ1) is 12.8. The highest BCUT2D eigenvalue weighted by atomic mass is 19.1. The second-order valence-electron chi connectivity index (χ2n) is 4.42. The molecule has 1 aromatic carbocycles. The van der Waals surface area contributed by atoms with E-state index < -0.39 is 5.82 Å². The lowest BCUT2D eigenvalue weighted by atomic mass is 10.1. The van der Waals surface area contributed by atoms with Gasteiger partial charge in [-0.15, -0.1) is 0 Å². The number of nitrogens with one attached hydrogen (secondary N) is 1. The van der Waals surface area contributed by atoms with Crippen LogP contribution in [0.15, 0.2) is 18.2 Å². The van der Waals surface area contributed by atoms with E-state index in [4.69, 9.17) is 10.5 Å². The summed E-state index contributed by atoms with van der Waals surface area (Å²) in [7, 11) is 0. The molecule has 2 rings (SSSR count). The maximum atomic E-state index is 13.2. The molecule has 1 atom stereocenters. The van der Waals surface area contributed by atoms with Crippen LogP contribution in [0.1, 0.15) is 29.6 Å². The van der Waals surface area contributed by atoms with Crippen molar-refractivity contribution in [2.75, 3.05) is 18.9 Å². The van der Waals surface area contributed by atoms with E-state index in [-0.39, 0.29) is 23.3 Å². The van der Waals surface area contributed by atoms with Crippen molar-refractivity contribution in [1.82, 2.24) is 5.32 Å². The zero-order chi connectivity index (χ0) is 13.0. The van der Waals surface area contributed by atoms with Crippen molar-refractivity contribution < 1.29 is 13.9 Å². The van der Waals surface area contributed by atoms with Crippen molar-refractivity contribution >= 4 is 11.6 Å². The molecule has 5 heteroatoms. The second kappa shape index (κ2) is 5.82. The summed E-state index contributed by atoms with van der Waals surface area (Å²) in [5.74, 6) is -0.853. The summed E-state index contributed by atoms with van der Waals surface area (Å²) in [5, 5.41) is 2.75. The zero-order valence-corrected chi connectivity index (χ0v) is 10.1. The van der Waals surface area contributed by atoms with Crippen LogP contribution in [0, 0.1) is 5.82 Å². The lowest BCUT2D eigenvalue weighted by molar-refractivity contribution is 0.0907. The first-order valence-electron chi connectivity index (χ1n) is 6.11. The molecule has 1 fully saturated rings. The third-order valence-electron chi connectivity index (χ3n) is 3.04. The van der Waals surface area contributed by atoms with E-state index in [0.29, 0.717) is 6.54 Å². The van der Waals surface area contributed by atoms with Crippen LogP contribution < -0.4 is 11.1 Å². The monoisotopic (exact) mass is 252 g/mol. The molecule has 0 spiro atoms. The number of benzene rings is 1. The van der Waals surface area contributed by atoms with E-state index >= 15 is 0 Å². The third-order valence-corrected chi connectivity index (χ3v) is 3.04. The number of rotatable bonds is 4. The molecule has 0 aromatic heterocycles. The number of nitrogen functional groups attached to an aromatic ring is 1. The Morgan fingerprint density at radius 3 is 3.06 bits per heavy atom. The fourth-order valence-electron chi connectivity index (χ4n) is 1.99. The Balaban J connectivity index is 1.81. The number of carbonyl (C=O) groups excluding carboxylic acids is 1. The normalized spacial score (nSPS) is 18.8. The van der Waals surface area contributed by atoms with Gasteiger partial charge in [0.1, 0.15) is 5.82 Å². The molecule has 1 unspecified atom stereocenters. The Morgan fingerprint density at radius 2 is 2.39 bits per heavy atom. The molecule has 1 saturated heterocycles. The highest BCUT2D eigenvalue weighted by molar-refractivity contribution is 5.94. The molecule has 3 N–H and O–H groups in total. The van der Waals surface area contributed by atoms with Crippen molar-refractivity contribution in [3.63, 3.8) is 0 Å². The zero-order valence-electron chi connectivity index (χ0n) is 10.1. The van der Waals surface area contributed by atoms with Crippen LogP contribution in [0.25, 0.3) is 0 Å². The summed E-state index contributed by atoms with van der Waals surface area (Å²) in [6, 6.07) is 4.06. The van der Waals surface area contributed by atoms with Crippen molar-refractivity contribution in [3.8, 4) is 0 Å². The minimum absolute atomic E-state index is 0.0471. The van der Waals surface area contributed by atoms with E-state index in [0.717, 1.165) is 31.9 Å². The van der Waals surface area contributed by atoms with Gasteiger partial charge in [-0.25, -0.2) is 4.39 Å². The van der Waals surface area contributed by atoms with Crippen molar-refractivity contribution in [2.24, 2.45) is 0 Å². The van der Waals surface area contributed by atoms with Gasteiger partial charge in [0.15, 0.2) is 0 Å². The van der Waals surface area contributed by atoms with Crippen LogP contribution >= 0.6 is 0 Å². The summed E-state index contributed by atoms with van der Waals surface area (Å²) in [5.41, 5.74) is 5.68. The lowest BCUT2D eigenvalue weighted by Crippen LogP contribution is -2.27. The Morgan fingerprint density at radius 1 is 1.56 bits per heavy atom. The first-order chi connectivity index (χ1) is 8.66. The molecule has 18 heavy (non-hydrogen) atoms. The molecule has 0 bridgehead atoms. The van der Waals surface area contributed by atoms with Gasteiger partial charge in [-0.1, -0.05) is 0 Å². The van der Waals surface area contributed by atoms with Gasteiger partial charge in [0, 0.05) is 18.7 Å². The van der Waals surface area contributed by atoms with Gasteiger partial charge in [0.05, 0.1) is 11.8 Å². The van der Waals surface area contributed by atoms with E-state index in [1.807, 2.05) is 0 Å². The summed E-state index contributed by atoms with van der Waals surface area (Å²) < 4.78 is 18.6. The predicted molar refractivity (Wildman–Crippen MR) is 66.7 cm³/mol. The Labute approximate surface area is 105 Å². The van der Waals surface area contributed by atoms with E-state index in [9.17, 15) is 9.18 Å². The number of carbonyl (C=O) groups is 1. The van der Waals surface area contributed by atoms with Crippen LogP contribution in [-0.2, 0) is 4.74 Å². The fourth-order valence-corrected chi connectivity index (χ4v) is 1.99. The van der Waals surface area contributed by atoms with Gasteiger partial charge in [0.2, 0.25) is 0 Å². The van der Waals surface area contributed by atoms with Crippen molar-refractivity contribution in [2.45, 2.75) is 25.4 Å². The Bertz CT molecular complexity index is 431. The van der Waals surface area contributed by atoms with Crippen LogP contribution in [0.2, 0.25) is 0 Å². The molecule has 1 aliphatic heterocycles. The molecule has 0 aliphatic carbocycles. The van der Waals surface area contributed by atoms with Gasteiger partial charge < -0.3 is 15.8 Å². The number of hydrogen-bond donors (Lipinski definition) is 2. The molecule has 98 valence electrons. The van der Waals surface area contributed by atoms with E-state index in [1.54, 1.807) is 0 Å². The highest BCUT2D eigenvalue weighted by Gasteiger charge is 2.15. The number of amides is 1. The molecule has 1 aliphatic rings. The summed E-state index contributed by atoms with van der Waals surface area (Å²) in [6.45, 7) is 1.34. The van der Waals surface area contributed by atoms with Crippen LogP contribution in [0.4, 0.5) is 10.1 Å². The molecular formula is C13H17FN2O2. The number of anilines is 1. The second-order valence-corrected chi connectivity index (χ2v) is 4.42. The predicted octanol–water partition coefficient (Wildman–Crippen LogP) is 1.71. The topological polar surface area (TPSA) is 64.4 Å². The summed E-state index contributed by atoms with van der Waals surface area (Å²) in [4.78, 5) is 11.7. The third kappa shape index (κ3) is 3.20. The smallest absolute Gasteiger partial charge is 0.251 e. The average molecular weight is 252 g/mol. The molecule has 0 radical (unpaired) electrons. The van der Waals surface area contributed by atoms with E-state index in [1.165, 1.54) is 12.1 Å². The molecule has 1 amide bonds. The van der Waals surface area contributed by atoms with E-state index in [2.05, 4.69) is 5.32 Å². The largest absolute Gasteiger partial charge is 0.396 e. The number of nitrogens with two attached hydrogens (primary N) is 1. The highest BCUT2D eigenvalue weighted by Crippen LogP contribution is 2.15. The average Bonchev–Trinajstić information content (AvgIpc) is 2.85. The van der Waals surface area contributed by atoms with Gasteiger partial charge in [-0.2, -0.15) is 0 Å². The number of ether oxygens (including phenoxy) is 1. The van der Waals surface area contributed by atoms with Crippen molar-refractivity contribution in [3.05, 3.63) is 29.6 Å². The molecular weight excluding hydrogens is 235 g/mol. The molecule has 1 aromatic rings. The van der Waals surface area contributed by atoms with Gasteiger partial charge >= 0.3 is 0 Å². The SMILES string of the molecule is Nc1ccc(C(=O)NCCC2CCCO2)cc1F. The standard InChI is InChI=1S/C13H17FN2O2/c14-11-8-9(3-4-12(11)15)13(17)16-6-5-10-2-1-7-18-10/h3-4,8,10H,1-2,5-7,15H2,(H,16,17). The quantitative estimate of drug-likeness (QED) is 0.802. The maximum absolute atomic E-state index is 13.2. The lowest BCUT2D eigenvalue weighted by Gasteiger charge is -2.10. The Kier molecular flexibility index (Phi) is 4.15. The molecule has 4 nitrogen and oxygen atoms in total. The summed E-state index contributed by atoms with van der Waals surface area (Å²) >= 11 is 0. The van der Waals surface area contributed by atoms with Crippen LogP contribution in [0.5, 0.6) is 0 Å². The Hall–Kier alpha value is -1.62. The molecule has 0 saturated carbocycles. The molecule has 1 heterocycles. The van der Waals surface area contributed by atoms with Crippen LogP contribution in [0.3, 0.4) is 0 Å². The first-order valence-corrected chi connectivity index (χ1v) is 6.11. The van der Waals surface area contributed by atoms with Gasteiger partial charge in [-0.3, -0.25) is 4.79 Å². The minimum Gasteiger partial charge on any atom is -0.396 e. The number of halogens is 1. The van der Waals surface area contributed by atoms with Gasteiger partial charge in [0.25, 0.3) is 5.91 Å². The number of hydrogen-bond acceptors (Lipinski definition) is 3. The summed E-state index contributed by atoms with van der Waals surface area (Å²) in [6.07, 6.45) is 3.17. The van der Waals surface area contributed by atoms with Gasteiger partial charge in [-0.05, 0) is 37.5 Å². The maximum Gasteiger partial charge on any atom is 0.251 e. The van der Waals surface area contributed by atoms with Crippen molar-refractivity contribution in [1.29, 1.82) is 0 Å². The minimum atomic E-state index is -0.568.